The van der Waals surface area contributed by atoms with Gasteiger partial charge in [-0.15, -0.1) is 0 Å². The van der Waals surface area contributed by atoms with Gasteiger partial charge in [0.2, 0.25) is 0 Å². The highest BCUT2D eigenvalue weighted by Crippen LogP contribution is 2.02. The van der Waals surface area contributed by atoms with Gasteiger partial charge in [-0.25, -0.2) is 4.31 Å². The molecule has 0 aromatic carbocycles. The Balaban J connectivity index is 2.68. The summed E-state index contributed by atoms with van der Waals surface area (Å²) in [6, 6.07) is 0. The summed E-state index contributed by atoms with van der Waals surface area (Å²) >= 11 is 1.36. The Labute approximate surface area is 49.2 Å². The summed E-state index contributed by atoms with van der Waals surface area (Å²) in [5, 5.41) is 0. The fraction of sp³-hybridized carbons (Fsp3) is 1.00. The third-order valence-electron chi connectivity index (χ3n) is 0.320. The number of rotatable bonds is 3. The molecule has 0 aliphatic heterocycles. The molecule has 0 saturated carbocycles. The highest BCUT2D eigenvalue weighted by atomic mass is 32.2. The molecule has 0 heterocycles. The Morgan fingerprint density at radius 1 is 1.57 bits per heavy atom. The van der Waals surface area contributed by atoms with Crippen LogP contribution in [-0.4, -0.2) is 25.0 Å². The molecule has 0 bridgehead atoms. The lowest BCUT2D eigenvalue weighted by atomic mass is 10.9. The quantitative estimate of drug-likeness (QED) is 0.410. The highest BCUT2D eigenvalue weighted by molar-refractivity contribution is 7.92. The van der Waals surface area contributed by atoms with E-state index in [4.69, 9.17) is 4.18 Å². The van der Waals surface area contributed by atoms with E-state index in [0.29, 0.717) is 0 Å². The zero-order valence-electron chi connectivity index (χ0n) is 4.97. The molecule has 0 rings (SSSR count). The Kier molecular flexibility index (Phi) is 4.60. The van der Waals surface area contributed by atoms with Crippen LogP contribution in [0, 0.1) is 0 Å². The van der Waals surface area contributed by atoms with E-state index in [1.807, 2.05) is 25.3 Å². The normalized spacial score (nSPS) is 10.3. The lowest BCUT2D eigenvalue weighted by Gasteiger charge is -2.04. The van der Waals surface area contributed by atoms with Gasteiger partial charge >= 0.3 is 0 Å². The average Bonchev–Trinajstić information content (AvgIpc) is 1.61. The molecule has 0 unspecified atom stereocenters. The van der Waals surface area contributed by atoms with Crippen LogP contribution in [0.3, 0.4) is 0 Å². The zero-order valence-corrected chi connectivity index (χ0v) is 5.79. The van der Waals surface area contributed by atoms with Crippen LogP contribution >= 0.6 is 12.2 Å². The first-order chi connectivity index (χ1) is 3.27. The molecule has 3 heteroatoms. The van der Waals surface area contributed by atoms with E-state index in [1.54, 1.807) is 0 Å². The van der Waals surface area contributed by atoms with Gasteiger partial charge < -0.3 is 4.18 Å². The maximum Gasteiger partial charge on any atom is 0.0813 e. The SMILES string of the molecule is CCOSN(C)C. The second kappa shape index (κ2) is 4.43. The minimum atomic E-state index is 0.767. The Hall–Kier alpha value is 0.270. The third kappa shape index (κ3) is 6.27. The maximum atomic E-state index is 4.94. The van der Waals surface area contributed by atoms with E-state index >= 15 is 0 Å². The fourth-order valence-corrected chi connectivity index (χ4v) is 0.474. The molecule has 0 aromatic rings. The molecule has 0 atom stereocenters. The van der Waals surface area contributed by atoms with Crippen molar-refractivity contribution in [3.63, 3.8) is 0 Å². The number of hydrogen-bond acceptors (Lipinski definition) is 3. The van der Waals surface area contributed by atoms with Crippen molar-refractivity contribution in [2.24, 2.45) is 0 Å². The van der Waals surface area contributed by atoms with Crippen molar-refractivity contribution >= 4 is 12.2 Å². The monoisotopic (exact) mass is 121 g/mol. The van der Waals surface area contributed by atoms with Crippen LogP contribution in [0.15, 0.2) is 0 Å². The van der Waals surface area contributed by atoms with Crippen molar-refractivity contribution in [1.29, 1.82) is 0 Å². The van der Waals surface area contributed by atoms with E-state index in [1.165, 1.54) is 12.2 Å². The van der Waals surface area contributed by atoms with Gasteiger partial charge in [0.15, 0.2) is 0 Å². The molecule has 0 spiro atoms. The van der Waals surface area contributed by atoms with Gasteiger partial charge in [0.1, 0.15) is 0 Å². The standard InChI is InChI=1S/C4H11NOS/c1-4-6-7-5(2)3/h4H2,1-3H3. The zero-order chi connectivity index (χ0) is 5.70. The third-order valence-corrected chi connectivity index (χ3v) is 0.959. The van der Waals surface area contributed by atoms with Crippen LogP contribution in [0.2, 0.25) is 0 Å². The summed E-state index contributed by atoms with van der Waals surface area (Å²) in [6.07, 6.45) is 0. The predicted molar refractivity (Wildman–Crippen MR) is 32.9 cm³/mol. The first kappa shape index (κ1) is 7.27. The van der Waals surface area contributed by atoms with E-state index in [0.717, 1.165) is 6.61 Å². The smallest absolute Gasteiger partial charge is 0.0813 e. The van der Waals surface area contributed by atoms with Crippen molar-refractivity contribution in [1.82, 2.24) is 4.31 Å². The Morgan fingerprint density at radius 2 is 2.14 bits per heavy atom. The molecule has 0 radical (unpaired) electrons. The molecule has 0 aliphatic carbocycles. The maximum absolute atomic E-state index is 4.94. The van der Waals surface area contributed by atoms with Crippen molar-refractivity contribution in [3.05, 3.63) is 0 Å². The van der Waals surface area contributed by atoms with Gasteiger partial charge in [-0.2, -0.15) is 0 Å². The molecule has 44 valence electrons. The van der Waals surface area contributed by atoms with Crippen LogP contribution in [-0.2, 0) is 4.18 Å². The molecule has 2 nitrogen and oxygen atoms in total. The molecule has 0 fully saturated rings. The summed E-state index contributed by atoms with van der Waals surface area (Å²) < 4.78 is 6.84. The molecule has 0 N–H and O–H groups in total. The van der Waals surface area contributed by atoms with Crippen LogP contribution in [0.1, 0.15) is 6.92 Å². The minimum Gasteiger partial charge on any atom is -0.301 e. The first-order valence-electron chi connectivity index (χ1n) is 2.24. The van der Waals surface area contributed by atoms with Gasteiger partial charge in [0.05, 0.1) is 18.8 Å². The largest absolute Gasteiger partial charge is 0.301 e. The van der Waals surface area contributed by atoms with Crippen LogP contribution in [0.5, 0.6) is 0 Å². The van der Waals surface area contributed by atoms with Crippen molar-refractivity contribution in [2.45, 2.75) is 6.92 Å². The second-order valence-electron chi connectivity index (χ2n) is 1.29. The summed E-state index contributed by atoms with van der Waals surface area (Å²) in [6.45, 7) is 2.74. The van der Waals surface area contributed by atoms with Crippen LogP contribution in [0.25, 0.3) is 0 Å². The van der Waals surface area contributed by atoms with Gasteiger partial charge in [0, 0.05) is 0 Å². The fourth-order valence-electron chi connectivity index (χ4n) is 0.158. The Bertz CT molecular complexity index is 40.7. The minimum absolute atomic E-state index is 0.767. The van der Waals surface area contributed by atoms with Crippen LogP contribution < -0.4 is 0 Å². The lowest BCUT2D eigenvalue weighted by Crippen LogP contribution is -1.99. The second-order valence-corrected chi connectivity index (χ2v) is 2.41. The highest BCUT2D eigenvalue weighted by Gasteiger charge is 1.84. The van der Waals surface area contributed by atoms with Gasteiger partial charge in [-0.05, 0) is 21.0 Å². The topological polar surface area (TPSA) is 12.5 Å². The summed E-state index contributed by atoms with van der Waals surface area (Å²) in [5.74, 6) is 0. The van der Waals surface area contributed by atoms with E-state index in [-0.39, 0.29) is 0 Å². The predicted octanol–water partition coefficient (Wildman–Crippen LogP) is 1.15. The molecule has 7 heavy (non-hydrogen) atoms. The molecule has 0 saturated heterocycles. The average molecular weight is 121 g/mol. The molecule has 0 aliphatic rings. The van der Waals surface area contributed by atoms with Gasteiger partial charge in [0.25, 0.3) is 0 Å². The summed E-state index contributed by atoms with van der Waals surface area (Å²) in [7, 11) is 3.89. The molecular formula is C4H11NOS. The van der Waals surface area contributed by atoms with Gasteiger partial charge in [-0.3, -0.25) is 0 Å². The summed E-state index contributed by atoms with van der Waals surface area (Å²) in [5.41, 5.74) is 0. The molecule has 0 aromatic heterocycles. The van der Waals surface area contributed by atoms with Crippen molar-refractivity contribution < 1.29 is 4.18 Å². The Morgan fingerprint density at radius 3 is 2.29 bits per heavy atom. The van der Waals surface area contributed by atoms with Crippen molar-refractivity contribution in [2.75, 3.05) is 20.7 Å². The van der Waals surface area contributed by atoms with Crippen LogP contribution in [0.4, 0.5) is 0 Å². The first-order valence-corrected chi connectivity index (χ1v) is 2.94. The molecule has 0 amide bonds. The van der Waals surface area contributed by atoms with Crippen molar-refractivity contribution in [3.8, 4) is 0 Å². The number of hydrogen-bond donors (Lipinski definition) is 0. The number of nitrogens with zero attached hydrogens (tertiary/aromatic N) is 1. The molecular weight excluding hydrogens is 110 g/mol. The van der Waals surface area contributed by atoms with Gasteiger partial charge in [-0.1, -0.05) is 0 Å². The van der Waals surface area contributed by atoms with E-state index in [9.17, 15) is 0 Å². The lowest BCUT2D eigenvalue weighted by molar-refractivity contribution is 0.381. The van der Waals surface area contributed by atoms with E-state index < -0.39 is 0 Å². The van der Waals surface area contributed by atoms with E-state index in [2.05, 4.69) is 0 Å². The summed E-state index contributed by atoms with van der Waals surface area (Å²) in [4.78, 5) is 0.